The maximum atomic E-state index is 11.6. The van der Waals surface area contributed by atoms with Gasteiger partial charge in [0.25, 0.3) is 5.91 Å². The molecule has 1 atom stereocenters. The molecule has 1 aliphatic rings. The van der Waals surface area contributed by atoms with Crippen molar-refractivity contribution < 1.29 is 14.7 Å². The number of fused-ring (bicyclic) bond motifs is 1. The summed E-state index contributed by atoms with van der Waals surface area (Å²) in [5.74, 6) is -0.123. The zero-order chi connectivity index (χ0) is 21.2. The smallest absolute Gasteiger partial charge is 0.407 e. The van der Waals surface area contributed by atoms with Crippen LogP contribution >= 0.6 is 0 Å². The third-order valence-corrected chi connectivity index (χ3v) is 5.50. The fraction of sp³-hybridized carbons (Fsp3) is 0.455. The lowest BCUT2D eigenvalue weighted by atomic mass is 9.75. The summed E-state index contributed by atoms with van der Waals surface area (Å²) in [5.41, 5.74) is 4.55. The Labute approximate surface area is 171 Å². The first-order chi connectivity index (χ1) is 13.7. The van der Waals surface area contributed by atoms with Gasteiger partial charge in [0.05, 0.1) is 11.9 Å². The number of nitrogens with one attached hydrogen (secondary N) is 1. The first-order valence-electron chi connectivity index (χ1n) is 9.81. The lowest BCUT2D eigenvalue weighted by Crippen LogP contribution is -2.36. The van der Waals surface area contributed by atoms with Crippen molar-refractivity contribution in [1.29, 1.82) is 0 Å². The SMILES string of the molecule is CNC(=O)c1cnc(Cc2ccc3c(c2)CCN(C(=O)O)CC3C(C)(C)C)cn1. The minimum atomic E-state index is -0.862. The van der Waals surface area contributed by atoms with Gasteiger partial charge in [-0.25, -0.2) is 9.78 Å². The Balaban J connectivity index is 1.86. The molecule has 0 saturated heterocycles. The summed E-state index contributed by atoms with van der Waals surface area (Å²) in [6.45, 7) is 7.48. The van der Waals surface area contributed by atoms with E-state index >= 15 is 0 Å². The molecule has 1 aromatic heterocycles. The Bertz CT molecular complexity index is 903. The van der Waals surface area contributed by atoms with Gasteiger partial charge in [-0.3, -0.25) is 9.78 Å². The molecule has 2 aromatic rings. The second-order valence-electron chi connectivity index (χ2n) is 8.58. The van der Waals surface area contributed by atoms with Crippen molar-refractivity contribution >= 4 is 12.0 Å². The highest BCUT2D eigenvalue weighted by molar-refractivity contribution is 5.91. The molecular formula is C22H28N4O3. The number of aromatic nitrogens is 2. The normalized spacial score (nSPS) is 16.7. The lowest BCUT2D eigenvalue weighted by molar-refractivity contribution is 0.0957. The first kappa shape index (κ1) is 20.8. The number of carbonyl (C=O) groups is 2. The van der Waals surface area contributed by atoms with Crippen LogP contribution in [0.4, 0.5) is 4.79 Å². The maximum Gasteiger partial charge on any atom is 0.407 e. The highest BCUT2D eigenvalue weighted by Crippen LogP contribution is 2.39. The Morgan fingerprint density at radius 3 is 2.59 bits per heavy atom. The van der Waals surface area contributed by atoms with Crippen molar-refractivity contribution in [3.8, 4) is 0 Å². The van der Waals surface area contributed by atoms with Gasteiger partial charge >= 0.3 is 6.09 Å². The molecule has 7 nitrogen and oxygen atoms in total. The quantitative estimate of drug-likeness (QED) is 0.831. The van der Waals surface area contributed by atoms with Crippen LogP contribution in [-0.4, -0.2) is 52.1 Å². The molecule has 0 aliphatic carbocycles. The molecule has 0 saturated carbocycles. The molecule has 1 aromatic carbocycles. The number of hydrogen-bond acceptors (Lipinski definition) is 4. The van der Waals surface area contributed by atoms with Crippen LogP contribution in [0.2, 0.25) is 0 Å². The molecule has 154 valence electrons. The fourth-order valence-electron chi connectivity index (χ4n) is 3.81. The molecule has 0 fully saturated rings. The van der Waals surface area contributed by atoms with E-state index < -0.39 is 6.09 Å². The van der Waals surface area contributed by atoms with E-state index in [0.717, 1.165) is 11.3 Å². The molecule has 2 N–H and O–H groups in total. The minimum absolute atomic E-state index is 0.0462. The molecule has 3 rings (SSSR count). The summed E-state index contributed by atoms with van der Waals surface area (Å²) in [6, 6.07) is 6.38. The number of carbonyl (C=O) groups excluding carboxylic acids is 1. The van der Waals surface area contributed by atoms with Gasteiger partial charge < -0.3 is 15.3 Å². The molecule has 1 aliphatic heterocycles. The summed E-state index contributed by atoms with van der Waals surface area (Å²) in [6.07, 6.45) is 3.55. The number of hydrogen-bond donors (Lipinski definition) is 2. The third-order valence-electron chi connectivity index (χ3n) is 5.50. The summed E-state index contributed by atoms with van der Waals surface area (Å²) in [7, 11) is 1.56. The van der Waals surface area contributed by atoms with Crippen LogP contribution in [0.15, 0.2) is 30.6 Å². The van der Waals surface area contributed by atoms with Gasteiger partial charge in [-0.1, -0.05) is 39.0 Å². The Hall–Kier alpha value is -2.96. The second-order valence-corrected chi connectivity index (χ2v) is 8.58. The van der Waals surface area contributed by atoms with Crippen LogP contribution in [0.3, 0.4) is 0 Å². The van der Waals surface area contributed by atoms with Crippen LogP contribution in [0.5, 0.6) is 0 Å². The summed E-state index contributed by atoms with van der Waals surface area (Å²) in [4.78, 5) is 33.3. The predicted octanol–water partition coefficient (Wildman–Crippen LogP) is 3.09. The number of rotatable bonds is 3. The van der Waals surface area contributed by atoms with E-state index in [9.17, 15) is 14.7 Å². The van der Waals surface area contributed by atoms with Crippen LogP contribution in [-0.2, 0) is 12.8 Å². The number of nitrogens with zero attached hydrogens (tertiary/aromatic N) is 3. The minimum Gasteiger partial charge on any atom is -0.465 e. The third kappa shape index (κ3) is 4.72. The van der Waals surface area contributed by atoms with Gasteiger partial charge in [0, 0.05) is 38.7 Å². The maximum absolute atomic E-state index is 11.6. The Morgan fingerprint density at radius 1 is 1.24 bits per heavy atom. The van der Waals surface area contributed by atoms with Crippen LogP contribution in [0, 0.1) is 5.41 Å². The van der Waals surface area contributed by atoms with Crippen molar-refractivity contribution in [2.75, 3.05) is 20.1 Å². The molecule has 29 heavy (non-hydrogen) atoms. The van der Waals surface area contributed by atoms with Crippen molar-refractivity contribution in [2.24, 2.45) is 5.41 Å². The van der Waals surface area contributed by atoms with Gasteiger partial charge in [0.1, 0.15) is 5.69 Å². The molecular weight excluding hydrogens is 368 g/mol. The fourth-order valence-corrected chi connectivity index (χ4v) is 3.81. The van der Waals surface area contributed by atoms with Crippen molar-refractivity contribution in [2.45, 2.75) is 39.5 Å². The average Bonchev–Trinajstić information content (AvgIpc) is 2.87. The number of carboxylic acid groups (broad SMARTS) is 1. The molecule has 0 bridgehead atoms. The zero-order valence-corrected chi connectivity index (χ0v) is 17.4. The number of benzene rings is 1. The van der Waals surface area contributed by atoms with E-state index in [4.69, 9.17) is 0 Å². The van der Waals surface area contributed by atoms with Gasteiger partial charge in [0.15, 0.2) is 0 Å². The largest absolute Gasteiger partial charge is 0.465 e. The standard InChI is InChI=1S/C22H28N4O3/c1-22(2,3)18-13-26(21(28)29)8-7-15-9-14(5-6-17(15)18)10-16-11-25-19(12-24-16)20(27)23-4/h5-6,9,11-12,18H,7-8,10,13H2,1-4H3,(H,23,27)(H,28,29). The van der Waals surface area contributed by atoms with Crippen molar-refractivity contribution in [1.82, 2.24) is 20.2 Å². The Kier molecular flexibility index (Phi) is 5.86. The molecule has 1 unspecified atom stereocenters. The van der Waals surface area contributed by atoms with Gasteiger partial charge in [-0.15, -0.1) is 0 Å². The van der Waals surface area contributed by atoms with E-state index in [2.05, 4.69) is 54.3 Å². The zero-order valence-electron chi connectivity index (χ0n) is 17.4. The van der Waals surface area contributed by atoms with E-state index in [1.807, 2.05) is 0 Å². The van der Waals surface area contributed by atoms with E-state index in [-0.39, 0.29) is 17.2 Å². The summed E-state index contributed by atoms with van der Waals surface area (Å²) < 4.78 is 0. The van der Waals surface area contributed by atoms with Crippen molar-refractivity contribution in [3.63, 3.8) is 0 Å². The summed E-state index contributed by atoms with van der Waals surface area (Å²) in [5, 5.41) is 12.1. The topological polar surface area (TPSA) is 95.4 Å². The van der Waals surface area contributed by atoms with E-state index in [0.29, 0.717) is 31.6 Å². The van der Waals surface area contributed by atoms with Gasteiger partial charge in [-0.2, -0.15) is 0 Å². The predicted molar refractivity (Wildman–Crippen MR) is 110 cm³/mol. The molecule has 2 amide bonds. The van der Waals surface area contributed by atoms with Crippen LogP contribution in [0.25, 0.3) is 0 Å². The molecule has 2 heterocycles. The van der Waals surface area contributed by atoms with E-state index in [1.54, 1.807) is 13.2 Å². The van der Waals surface area contributed by atoms with Gasteiger partial charge in [0.2, 0.25) is 0 Å². The number of amides is 2. The molecule has 7 heteroatoms. The monoisotopic (exact) mass is 396 g/mol. The highest BCUT2D eigenvalue weighted by Gasteiger charge is 2.33. The second kappa shape index (κ2) is 8.19. The lowest BCUT2D eigenvalue weighted by Gasteiger charge is -2.33. The van der Waals surface area contributed by atoms with Crippen LogP contribution in [0.1, 0.15) is 59.6 Å². The van der Waals surface area contributed by atoms with Crippen LogP contribution < -0.4 is 5.32 Å². The Morgan fingerprint density at radius 2 is 2.00 bits per heavy atom. The molecule has 0 radical (unpaired) electrons. The van der Waals surface area contributed by atoms with E-state index in [1.165, 1.54) is 22.2 Å². The van der Waals surface area contributed by atoms with Gasteiger partial charge in [-0.05, 0) is 28.5 Å². The van der Waals surface area contributed by atoms with Crippen molar-refractivity contribution in [3.05, 3.63) is 58.7 Å². The first-order valence-corrected chi connectivity index (χ1v) is 9.81. The highest BCUT2D eigenvalue weighted by atomic mass is 16.4. The molecule has 0 spiro atoms. The summed E-state index contributed by atoms with van der Waals surface area (Å²) >= 11 is 0. The average molecular weight is 396 g/mol.